The summed E-state index contributed by atoms with van der Waals surface area (Å²) in [5, 5.41) is 19.4. The Morgan fingerprint density at radius 1 is 0.702 bits per heavy atom. The molecular formula is C39H55N2O6+. The van der Waals surface area contributed by atoms with Crippen LogP contribution in [0, 0.1) is 12.3 Å². The average molecular weight is 648 g/mol. The van der Waals surface area contributed by atoms with E-state index in [9.17, 15) is 15.3 Å². The van der Waals surface area contributed by atoms with Gasteiger partial charge in [-0.3, -0.25) is 4.79 Å². The first kappa shape index (κ1) is 38.9. The number of aromatic hydroxyl groups is 1. The van der Waals surface area contributed by atoms with E-state index in [1.165, 1.54) is 58.1 Å². The molecule has 8 heteroatoms. The highest BCUT2D eigenvalue weighted by Crippen LogP contribution is 2.42. The lowest BCUT2D eigenvalue weighted by molar-refractivity contribution is 0.103. The molecule has 0 aliphatic heterocycles. The van der Waals surface area contributed by atoms with Crippen LogP contribution in [0.3, 0.4) is 0 Å². The van der Waals surface area contributed by atoms with Gasteiger partial charge in [0.25, 0.3) is 0 Å². The number of phenols is 1. The molecule has 1 N–H and O–H groups in total. The Kier molecular flexibility index (Phi) is 19.2. The Morgan fingerprint density at radius 2 is 1.21 bits per heavy atom. The Bertz CT molecular complexity index is 1330. The van der Waals surface area contributed by atoms with Gasteiger partial charge in [0.1, 0.15) is 17.2 Å². The number of benzene rings is 3. The molecule has 8 nitrogen and oxygen atoms in total. The zero-order valence-electron chi connectivity index (χ0n) is 29.2. The lowest BCUT2D eigenvalue weighted by atomic mass is 10.0. The molecule has 0 saturated heterocycles. The molecule has 0 radical (unpaired) electrons. The van der Waals surface area contributed by atoms with Gasteiger partial charge in [-0.15, -0.1) is 0 Å². The Hall–Kier alpha value is -4.25. The summed E-state index contributed by atoms with van der Waals surface area (Å²) < 4.78 is 22.9. The van der Waals surface area contributed by atoms with E-state index in [1.54, 1.807) is 30.3 Å². The number of carbonyl (C=O) groups excluding carboxylic acids is 1. The molecule has 3 aromatic carbocycles. The predicted molar refractivity (Wildman–Crippen MR) is 189 cm³/mol. The van der Waals surface area contributed by atoms with Crippen molar-refractivity contribution in [3.63, 3.8) is 0 Å². The third kappa shape index (κ3) is 14.0. The van der Waals surface area contributed by atoms with Crippen LogP contribution in [0.15, 0.2) is 54.6 Å². The van der Waals surface area contributed by atoms with Gasteiger partial charge in [-0.1, -0.05) is 109 Å². The van der Waals surface area contributed by atoms with Crippen LogP contribution in [0.2, 0.25) is 0 Å². The van der Waals surface area contributed by atoms with E-state index in [2.05, 4.69) is 25.7 Å². The molecule has 3 rings (SSSR count). The van der Waals surface area contributed by atoms with E-state index < -0.39 is 0 Å². The molecule has 47 heavy (non-hydrogen) atoms. The number of hydrogen-bond acceptors (Lipinski definition) is 7. The molecule has 0 aliphatic carbocycles. The molecule has 0 saturated carbocycles. The zero-order valence-corrected chi connectivity index (χ0v) is 29.2. The first-order valence-corrected chi connectivity index (χ1v) is 17.3. The standard InChI is InChI=1S/C24H41N2O3.C15H14O3/c1-4-7-10-13-16-27-21-19-22(28-17-14-11-8-5-2)24(26-25)23(20-21)29-18-15-12-9-6-3;1-10-8-12(13(16)9-14(10)18-2)15(17)11-6-4-3-5-7-11/h19-20H,4-18H2,1-3H3;3-9,16H,1-2H3/q+1;. The first-order valence-electron chi connectivity index (χ1n) is 17.3. The first-order chi connectivity index (χ1) is 22.9. The number of aryl methyl sites for hydroxylation is 1. The highest BCUT2D eigenvalue weighted by Gasteiger charge is 2.26. The van der Waals surface area contributed by atoms with E-state index in [0.717, 1.165) is 37.7 Å². The second-order valence-electron chi connectivity index (χ2n) is 11.6. The van der Waals surface area contributed by atoms with Gasteiger partial charge in [0.15, 0.2) is 10.8 Å². The van der Waals surface area contributed by atoms with Gasteiger partial charge in [-0.05, 0) is 37.8 Å². The van der Waals surface area contributed by atoms with Gasteiger partial charge in [0, 0.05) is 23.8 Å². The number of rotatable bonds is 21. The molecule has 0 heterocycles. The van der Waals surface area contributed by atoms with Gasteiger partial charge >= 0.3 is 5.69 Å². The highest BCUT2D eigenvalue weighted by molar-refractivity contribution is 6.10. The van der Waals surface area contributed by atoms with Crippen molar-refractivity contribution in [2.75, 3.05) is 26.9 Å². The van der Waals surface area contributed by atoms with Crippen molar-refractivity contribution in [3.05, 3.63) is 76.3 Å². The second-order valence-corrected chi connectivity index (χ2v) is 11.6. The SMILES string of the molecule is CCCCCCOc1cc(OCCCCCC)c([N+]#N)c(OCCCCCC)c1.COc1cc(O)c(C(=O)c2ccccc2)cc1C. The number of methoxy groups -OCH3 is 1. The summed E-state index contributed by atoms with van der Waals surface area (Å²) in [6, 6.07) is 15.6. The van der Waals surface area contributed by atoms with Gasteiger partial charge in [0.2, 0.25) is 16.9 Å². The van der Waals surface area contributed by atoms with E-state index in [-0.39, 0.29) is 11.5 Å². The summed E-state index contributed by atoms with van der Waals surface area (Å²) in [4.78, 5) is 15.7. The minimum atomic E-state index is -0.196. The van der Waals surface area contributed by atoms with E-state index in [0.29, 0.717) is 59.6 Å². The normalized spacial score (nSPS) is 10.4. The number of carbonyl (C=O) groups is 1. The van der Waals surface area contributed by atoms with Crippen molar-refractivity contribution >= 4 is 11.5 Å². The van der Waals surface area contributed by atoms with E-state index >= 15 is 0 Å². The molecule has 0 unspecified atom stereocenters. The largest absolute Gasteiger partial charge is 0.507 e. The highest BCUT2D eigenvalue weighted by atomic mass is 16.5. The summed E-state index contributed by atoms with van der Waals surface area (Å²) in [6.45, 7) is 10.3. The maximum atomic E-state index is 12.2. The van der Waals surface area contributed by atoms with E-state index in [4.69, 9.17) is 18.9 Å². The molecule has 3 aromatic rings. The molecule has 0 amide bonds. The number of phenolic OH excluding ortho intramolecular Hbond substituents is 1. The Morgan fingerprint density at radius 3 is 1.68 bits per heavy atom. The summed E-state index contributed by atoms with van der Waals surface area (Å²) in [5.74, 6) is 2.07. The molecule has 0 bridgehead atoms. The van der Waals surface area contributed by atoms with Gasteiger partial charge in [-0.2, -0.15) is 0 Å². The third-order valence-corrected chi connectivity index (χ3v) is 7.68. The molecule has 0 atom stereocenters. The molecule has 256 valence electrons. The molecule has 0 aromatic heterocycles. The van der Waals surface area contributed by atoms with Crippen LogP contribution in [0.5, 0.6) is 28.7 Å². The fourth-order valence-corrected chi connectivity index (χ4v) is 4.93. The minimum absolute atomic E-state index is 0.0636. The fraction of sp³-hybridized carbons (Fsp3) is 0.513. The number of nitrogens with zero attached hydrogens (tertiary/aromatic N) is 2. The van der Waals surface area contributed by atoms with Crippen molar-refractivity contribution < 1.29 is 28.8 Å². The summed E-state index contributed by atoms with van der Waals surface area (Å²) in [5.41, 5.74) is 2.01. The van der Waals surface area contributed by atoms with Crippen LogP contribution in [-0.4, -0.2) is 37.8 Å². The maximum Gasteiger partial charge on any atom is 0.467 e. The predicted octanol–water partition coefficient (Wildman–Crippen LogP) is 11.0. The molecule has 0 spiro atoms. The van der Waals surface area contributed by atoms with Crippen LogP contribution in [0.25, 0.3) is 4.98 Å². The third-order valence-electron chi connectivity index (χ3n) is 7.68. The maximum absolute atomic E-state index is 12.2. The van der Waals surface area contributed by atoms with Crippen molar-refractivity contribution in [2.45, 2.75) is 105 Å². The smallest absolute Gasteiger partial charge is 0.467 e. The quantitative estimate of drug-likeness (QED) is 0.0697. The van der Waals surface area contributed by atoms with E-state index in [1.807, 2.05) is 25.1 Å². The Balaban J connectivity index is 0.000000363. The number of unbranched alkanes of at least 4 members (excludes halogenated alkanes) is 9. The Labute approximate surface area is 282 Å². The van der Waals surface area contributed by atoms with Crippen LogP contribution in [0.1, 0.15) is 119 Å². The van der Waals surface area contributed by atoms with Crippen molar-refractivity contribution in [1.82, 2.24) is 0 Å². The number of hydrogen-bond donors (Lipinski definition) is 1. The summed E-state index contributed by atoms with van der Waals surface area (Å²) in [6.07, 6.45) is 13.6. The molecule has 0 aliphatic rings. The van der Waals surface area contributed by atoms with Crippen molar-refractivity contribution in [2.24, 2.45) is 0 Å². The van der Waals surface area contributed by atoms with Crippen LogP contribution in [-0.2, 0) is 0 Å². The lowest BCUT2D eigenvalue weighted by Crippen LogP contribution is -2.03. The van der Waals surface area contributed by atoms with Gasteiger partial charge in [-0.25, -0.2) is 0 Å². The molecular weight excluding hydrogens is 592 g/mol. The van der Waals surface area contributed by atoms with Crippen molar-refractivity contribution in [3.8, 4) is 28.7 Å². The number of diazo groups is 1. The average Bonchev–Trinajstić information content (AvgIpc) is 3.09. The topological polar surface area (TPSA) is 102 Å². The van der Waals surface area contributed by atoms with Gasteiger partial charge < -0.3 is 24.1 Å². The number of ether oxygens (including phenoxy) is 4. The zero-order chi connectivity index (χ0) is 34.3. The second kappa shape index (κ2) is 23.1. The van der Waals surface area contributed by atoms with Crippen LogP contribution < -0.4 is 18.9 Å². The lowest BCUT2D eigenvalue weighted by Gasteiger charge is -2.11. The summed E-state index contributed by atoms with van der Waals surface area (Å²) >= 11 is 0. The minimum Gasteiger partial charge on any atom is -0.507 e. The monoisotopic (exact) mass is 647 g/mol. The van der Waals surface area contributed by atoms with Gasteiger partial charge in [0.05, 0.1) is 32.5 Å². The fourth-order valence-electron chi connectivity index (χ4n) is 4.93. The van der Waals surface area contributed by atoms with Crippen molar-refractivity contribution in [1.29, 1.82) is 5.39 Å². The summed E-state index contributed by atoms with van der Waals surface area (Å²) in [7, 11) is 1.53. The van der Waals surface area contributed by atoms with Crippen LogP contribution >= 0.6 is 0 Å². The number of ketones is 1. The molecule has 0 fully saturated rings. The van der Waals surface area contributed by atoms with Crippen LogP contribution in [0.4, 0.5) is 5.69 Å².